The van der Waals surface area contributed by atoms with Crippen molar-refractivity contribution in [3.05, 3.63) is 35.4 Å². The van der Waals surface area contributed by atoms with Gasteiger partial charge in [-0.25, -0.2) is 12.7 Å². The third-order valence-electron chi connectivity index (χ3n) is 3.43. The van der Waals surface area contributed by atoms with Crippen molar-refractivity contribution in [2.24, 2.45) is 0 Å². The Kier molecular flexibility index (Phi) is 8.65. The minimum atomic E-state index is -3.13. The Labute approximate surface area is 143 Å². The monoisotopic (exact) mass is 358 g/mol. The molecule has 0 aliphatic carbocycles. The van der Waals surface area contributed by atoms with Crippen molar-refractivity contribution in [2.45, 2.75) is 26.0 Å². The number of carbonyl (C=O) groups excluding carboxylic acids is 1. The Bertz CT molecular complexity index is 586. The number of aryl methyl sites for hydroxylation is 1. The average molecular weight is 359 g/mol. The summed E-state index contributed by atoms with van der Waals surface area (Å²) in [5.41, 5.74) is 2.44. The molecule has 130 valence electrons. The van der Waals surface area contributed by atoms with E-state index in [4.69, 9.17) is 0 Å². The molecule has 1 aromatic carbocycles. The molecule has 1 rings (SSSR count). The van der Waals surface area contributed by atoms with Gasteiger partial charge in [0.25, 0.3) is 0 Å². The Morgan fingerprint density at radius 2 is 1.91 bits per heavy atom. The largest absolute Gasteiger partial charge is 0.355 e. The van der Waals surface area contributed by atoms with Crippen LogP contribution in [0.15, 0.2) is 24.3 Å². The molecule has 0 heterocycles. The number of amides is 1. The van der Waals surface area contributed by atoms with Crippen LogP contribution in [-0.2, 0) is 20.6 Å². The van der Waals surface area contributed by atoms with Gasteiger partial charge in [0, 0.05) is 25.9 Å². The second kappa shape index (κ2) is 9.95. The molecule has 0 saturated heterocycles. The molecule has 0 saturated carbocycles. The first-order chi connectivity index (χ1) is 10.8. The van der Waals surface area contributed by atoms with E-state index in [1.54, 1.807) is 25.7 Å². The summed E-state index contributed by atoms with van der Waals surface area (Å²) in [4.78, 5) is 11.7. The van der Waals surface area contributed by atoms with Gasteiger partial charge < -0.3 is 5.32 Å². The molecule has 0 atom stereocenters. The Balaban J connectivity index is 2.14. The van der Waals surface area contributed by atoms with E-state index in [0.29, 0.717) is 25.3 Å². The third kappa shape index (κ3) is 7.85. The Hall–Kier alpha value is -1.05. The van der Waals surface area contributed by atoms with Crippen LogP contribution < -0.4 is 5.32 Å². The van der Waals surface area contributed by atoms with Crippen molar-refractivity contribution in [1.29, 1.82) is 0 Å². The molecule has 7 heteroatoms. The van der Waals surface area contributed by atoms with Crippen molar-refractivity contribution >= 4 is 27.7 Å². The number of hydrogen-bond acceptors (Lipinski definition) is 4. The fourth-order valence-corrected chi connectivity index (χ4v) is 3.55. The molecule has 0 aliphatic rings. The Morgan fingerprint density at radius 1 is 1.26 bits per heavy atom. The molecule has 1 N–H and O–H groups in total. The van der Waals surface area contributed by atoms with Gasteiger partial charge in [-0.15, -0.1) is 11.8 Å². The highest BCUT2D eigenvalue weighted by Gasteiger charge is 2.14. The molecule has 1 amide bonds. The lowest BCUT2D eigenvalue weighted by Crippen LogP contribution is -2.32. The first-order valence-electron chi connectivity index (χ1n) is 7.69. The topological polar surface area (TPSA) is 66.5 Å². The molecular formula is C16H26N2O3S2. The third-order valence-corrected chi connectivity index (χ3v) is 6.30. The summed E-state index contributed by atoms with van der Waals surface area (Å²) in [7, 11) is -1.56. The molecule has 1 aromatic rings. The lowest BCUT2D eigenvalue weighted by atomic mass is 10.2. The lowest BCUT2D eigenvalue weighted by molar-refractivity contribution is -0.118. The van der Waals surface area contributed by atoms with Crippen molar-refractivity contribution in [1.82, 2.24) is 9.62 Å². The van der Waals surface area contributed by atoms with Gasteiger partial charge in [-0.05, 0) is 25.8 Å². The van der Waals surface area contributed by atoms with Crippen LogP contribution in [0.2, 0.25) is 0 Å². The van der Waals surface area contributed by atoms with Gasteiger partial charge >= 0.3 is 0 Å². The zero-order valence-corrected chi connectivity index (χ0v) is 15.7. The van der Waals surface area contributed by atoms with Crippen LogP contribution in [0.1, 0.15) is 24.5 Å². The molecule has 23 heavy (non-hydrogen) atoms. The number of nitrogens with one attached hydrogen (secondary N) is 1. The number of rotatable bonds is 10. The first-order valence-corrected chi connectivity index (χ1v) is 10.5. The molecule has 0 fully saturated rings. The highest BCUT2D eigenvalue weighted by molar-refractivity contribution is 7.99. The molecule has 0 bridgehead atoms. The first kappa shape index (κ1) is 20.0. The maximum Gasteiger partial charge on any atom is 0.230 e. The summed E-state index contributed by atoms with van der Waals surface area (Å²) in [5, 5.41) is 2.82. The molecule has 0 spiro atoms. The van der Waals surface area contributed by atoms with Gasteiger partial charge in [0.1, 0.15) is 0 Å². The fourth-order valence-electron chi connectivity index (χ4n) is 1.89. The van der Waals surface area contributed by atoms with Crippen LogP contribution in [0.3, 0.4) is 0 Å². The predicted molar refractivity (Wildman–Crippen MR) is 97.1 cm³/mol. The molecular weight excluding hydrogens is 332 g/mol. The van der Waals surface area contributed by atoms with Crippen LogP contribution in [0, 0.1) is 6.92 Å². The number of benzene rings is 1. The standard InChI is InChI=1S/C16H26N2O3S2/c1-4-23(20,21)18(3)11-5-10-17-16(19)13-22-12-15-8-6-14(2)7-9-15/h6-9H,4-5,10-13H2,1-3H3,(H,17,19). The van der Waals surface area contributed by atoms with Crippen molar-refractivity contribution in [2.75, 3.05) is 31.6 Å². The second-order valence-electron chi connectivity index (χ2n) is 5.40. The van der Waals surface area contributed by atoms with E-state index in [1.807, 2.05) is 6.92 Å². The van der Waals surface area contributed by atoms with Crippen LogP contribution in [0.25, 0.3) is 0 Å². The van der Waals surface area contributed by atoms with E-state index in [1.165, 1.54) is 15.4 Å². The summed E-state index contributed by atoms with van der Waals surface area (Å²) in [6.07, 6.45) is 0.615. The van der Waals surface area contributed by atoms with Gasteiger partial charge in [-0.3, -0.25) is 4.79 Å². The summed E-state index contributed by atoms with van der Waals surface area (Å²) in [6, 6.07) is 8.28. The minimum Gasteiger partial charge on any atom is -0.355 e. The van der Waals surface area contributed by atoms with Crippen molar-refractivity contribution < 1.29 is 13.2 Å². The van der Waals surface area contributed by atoms with Gasteiger partial charge in [-0.2, -0.15) is 0 Å². The fraction of sp³-hybridized carbons (Fsp3) is 0.562. The van der Waals surface area contributed by atoms with E-state index in [-0.39, 0.29) is 11.7 Å². The molecule has 0 aromatic heterocycles. The van der Waals surface area contributed by atoms with E-state index in [9.17, 15) is 13.2 Å². The number of nitrogens with zero attached hydrogens (tertiary/aromatic N) is 1. The Morgan fingerprint density at radius 3 is 2.52 bits per heavy atom. The summed E-state index contributed by atoms with van der Waals surface area (Å²) >= 11 is 1.57. The van der Waals surface area contributed by atoms with Crippen LogP contribution >= 0.6 is 11.8 Å². The SMILES string of the molecule is CCS(=O)(=O)N(C)CCCNC(=O)CSCc1ccc(C)cc1. The highest BCUT2D eigenvalue weighted by Crippen LogP contribution is 2.12. The summed E-state index contributed by atoms with van der Waals surface area (Å²) < 4.78 is 24.5. The molecule has 0 radical (unpaired) electrons. The number of carbonyl (C=O) groups is 1. The predicted octanol–water partition coefficient (Wildman–Crippen LogP) is 2.02. The zero-order chi connectivity index (χ0) is 17.3. The van der Waals surface area contributed by atoms with E-state index in [2.05, 4.69) is 29.6 Å². The molecule has 5 nitrogen and oxygen atoms in total. The van der Waals surface area contributed by atoms with Gasteiger partial charge in [0.05, 0.1) is 11.5 Å². The molecule has 0 unspecified atom stereocenters. The van der Waals surface area contributed by atoms with E-state index < -0.39 is 10.0 Å². The maximum atomic E-state index is 11.7. The van der Waals surface area contributed by atoms with Crippen molar-refractivity contribution in [3.63, 3.8) is 0 Å². The zero-order valence-electron chi connectivity index (χ0n) is 14.0. The highest BCUT2D eigenvalue weighted by atomic mass is 32.2. The smallest absolute Gasteiger partial charge is 0.230 e. The van der Waals surface area contributed by atoms with E-state index >= 15 is 0 Å². The van der Waals surface area contributed by atoms with E-state index in [0.717, 1.165) is 5.75 Å². The van der Waals surface area contributed by atoms with Crippen LogP contribution in [0.4, 0.5) is 0 Å². The summed E-state index contributed by atoms with van der Waals surface area (Å²) in [6.45, 7) is 4.59. The minimum absolute atomic E-state index is 0.0110. The van der Waals surface area contributed by atoms with Gasteiger partial charge in [-0.1, -0.05) is 29.8 Å². The normalized spacial score (nSPS) is 11.7. The number of hydrogen-bond donors (Lipinski definition) is 1. The quantitative estimate of drug-likeness (QED) is 0.650. The van der Waals surface area contributed by atoms with Crippen LogP contribution in [-0.4, -0.2) is 50.3 Å². The molecule has 0 aliphatic heterocycles. The average Bonchev–Trinajstić information content (AvgIpc) is 2.53. The summed E-state index contributed by atoms with van der Waals surface area (Å²) in [5.74, 6) is 1.32. The maximum absolute atomic E-state index is 11.7. The van der Waals surface area contributed by atoms with Gasteiger partial charge in [0.15, 0.2) is 0 Å². The number of sulfonamides is 1. The van der Waals surface area contributed by atoms with Gasteiger partial charge in [0.2, 0.25) is 15.9 Å². The van der Waals surface area contributed by atoms with Crippen molar-refractivity contribution in [3.8, 4) is 0 Å². The lowest BCUT2D eigenvalue weighted by Gasteiger charge is -2.15. The second-order valence-corrected chi connectivity index (χ2v) is 8.75. The number of thioether (sulfide) groups is 1. The van der Waals surface area contributed by atoms with Crippen LogP contribution in [0.5, 0.6) is 0 Å².